The number of rotatable bonds is 3. The van der Waals surface area contributed by atoms with Gasteiger partial charge in [0.25, 0.3) is 0 Å². The van der Waals surface area contributed by atoms with Crippen LogP contribution in [0.15, 0.2) is 24.3 Å². The zero-order valence-electron chi connectivity index (χ0n) is 13.1. The maximum atomic E-state index is 13.2. The van der Waals surface area contributed by atoms with Gasteiger partial charge in [-0.05, 0) is 42.9 Å². The van der Waals surface area contributed by atoms with Crippen LogP contribution in [-0.4, -0.2) is 35.6 Å². The number of halogens is 1. The minimum atomic E-state index is -0.356. The quantitative estimate of drug-likeness (QED) is 0.928. The van der Waals surface area contributed by atoms with Crippen molar-refractivity contribution in [3.05, 3.63) is 34.9 Å². The molecule has 1 aromatic rings. The highest BCUT2D eigenvalue weighted by atomic mass is 35.5. The lowest BCUT2D eigenvalue weighted by molar-refractivity contribution is -0.144. The van der Waals surface area contributed by atoms with Gasteiger partial charge in [0.2, 0.25) is 5.91 Å². The van der Waals surface area contributed by atoms with E-state index >= 15 is 0 Å². The Labute approximate surface area is 137 Å². The van der Waals surface area contributed by atoms with E-state index in [-0.39, 0.29) is 23.8 Å². The van der Waals surface area contributed by atoms with E-state index in [1.165, 1.54) is 0 Å². The van der Waals surface area contributed by atoms with Crippen LogP contribution in [0, 0.1) is 11.8 Å². The second-order valence-electron chi connectivity index (χ2n) is 6.90. The van der Waals surface area contributed by atoms with Gasteiger partial charge in [0, 0.05) is 30.6 Å². The monoisotopic (exact) mass is 321 g/mol. The molecule has 1 amide bonds. The molecule has 1 aliphatic carbocycles. The first-order valence-electron chi connectivity index (χ1n) is 8.23. The van der Waals surface area contributed by atoms with Gasteiger partial charge in [-0.25, -0.2) is 0 Å². The normalized spacial score (nSPS) is 27.3. The average Bonchev–Trinajstić information content (AvgIpc) is 2.48. The number of nitrogens with zero attached hydrogens (tertiary/aromatic N) is 1. The smallest absolute Gasteiger partial charge is 0.233 e. The van der Waals surface area contributed by atoms with Crippen LogP contribution < -0.4 is 0 Å². The summed E-state index contributed by atoms with van der Waals surface area (Å²) in [4.78, 5) is 15.1. The summed E-state index contributed by atoms with van der Waals surface area (Å²) in [5.41, 5.74) is 0.734. The van der Waals surface area contributed by atoms with Crippen LogP contribution in [0.4, 0.5) is 0 Å². The van der Waals surface area contributed by atoms with E-state index in [1.807, 2.05) is 29.2 Å². The summed E-state index contributed by atoms with van der Waals surface area (Å²) in [7, 11) is 0. The van der Waals surface area contributed by atoms with Crippen LogP contribution in [0.3, 0.4) is 0 Å². The summed E-state index contributed by atoms with van der Waals surface area (Å²) in [6, 6.07) is 7.74. The Balaban J connectivity index is 1.81. The van der Waals surface area contributed by atoms with E-state index < -0.39 is 0 Å². The van der Waals surface area contributed by atoms with E-state index in [4.69, 9.17) is 11.6 Å². The summed E-state index contributed by atoms with van der Waals surface area (Å²) in [6.07, 6.45) is 3.92. The number of aliphatic hydroxyl groups is 1. The zero-order valence-corrected chi connectivity index (χ0v) is 13.9. The Bertz CT molecular complexity index is 539. The Morgan fingerprint density at radius 2 is 2.05 bits per heavy atom. The molecule has 0 spiro atoms. The first kappa shape index (κ1) is 15.8. The number of aliphatic hydroxyl groups excluding tert-OH is 1. The van der Waals surface area contributed by atoms with Crippen molar-refractivity contribution in [1.29, 1.82) is 0 Å². The van der Waals surface area contributed by atoms with Gasteiger partial charge < -0.3 is 10.0 Å². The molecule has 4 heteroatoms. The molecule has 2 atom stereocenters. The molecule has 1 saturated carbocycles. The molecular formula is C18H24ClNO2. The van der Waals surface area contributed by atoms with E-state index in [1.54, 1.807) is 0 Å². The van der Waals surface area contributed by atoms with Crippen molar-refractivity contribution in [2.75, 3.05) is 19.7 Å². The fourth-order valence-electron chi connectivity index (χ4n) is 3.80. The Morgan fingerprint density at radius 3 is 2.59 bits per heavy atom. The van der Waals surface area contributed by atoms with Crippen LogP contribution in [0.2, 0.25) is 5.02 Å². The third-order valence-electron chi connectivity index (χ3n) is 5.65. The standard InChI is InChI=1S/C18H24ClNO2/c1-13-7-10-20(11-14(13)12-21)17(22)18(8-2-9-18)15-3-5-16(19)6-4-15/h3-6,13-14,21H,2,7-12H2,1H3/t13-,14+/m1/s1. The minimum absolute atomic E-state index is 0.166. The number of carbonyl (C=O) groups is 1. The van der Waals surface area contributed by atoms with Gasteiger partial charge in [0.15, 0.2) is 0 Å². The van der Waals surface area contributed by atoms with Gasteiger partial charge in [-0.2, -0.15) is 0 Å². The van der Waals surface area contributed by atoms with Crippen molar-refractivity contribution in [1.82, 2.24) is 4.90 Å². The second-order valence-corrected chi connectivity index (χ2v) is 7.34. The predicted octanol–water partition coefficient (Wildman–Crippen LogP) is 3.24. The Kier molecular flexibility index (Phi) is 4.47. The van der Waals surface area contributed by atoms with E-state index in [0.29, 0.717) is 17.5 Å². The highest BCUT2D eigenvalue weighted by molar-refractivity contribution is 6.30. The van der Waals surface area contributed by atoms with Gasteiger partial charge >= 0.3 is 0 Å². The summed E-state index contributed by atoms with van der Waals surface area (Å²) in [5.74, 6) is 0.938. The van der Waals surface area contributed by atoms with E-state index in [0.717, 1.165) is 37.8 Å². The Morgan fingerprint density at radius 1 is 1.36 bits per heavy atom. The van der Waals surface area contributed by atoms with Crippen LogP contribution in [0.5, 0.6) is 0 Å². The molecule has 3 rings (SSSR count). The third kappa shape index (κ3) is 2.65. The number of hydrogen-bond donors (Lipinski definition) is 1. The number of carbonyl (C=O) groups excluding carboxylic acids is 1. The summed E-state index contributed by atoms with van der Waals surface area (Å²) in [6.45, 7) is 3.83. The number of hydrogen-bond acceptors (Lipinski definition) is 2. The number of likely N-dealkylation sites (tertiary alicyclic amines) is 1. The molecule has 120 valence electrons. The molecule has 1 aliphatic heterocycles. The molecule has 1 N–H and O–H groups in total. The van der Waals surface area contributed by atoms with Crippen molar-refractivity contribution >= 4 is 17.5 Å². The molecule has 1 aromatic carbocycles. The summed E-state index contributed by atoms with van der Waals surface area (Å²) >= 11 is 5.98. The maximum Gasteiger partial charge on any atom is 0.233 e. The van der Waals surface area contributed by atoms with Crippen molar-refractivity contribution < 1.29 is 9.90 Å². The highest BCUT2D eigenvalue weighted by Crippen LogP contribution is 2.46. The molecule has 2 fully saturated rings. The molecule has 0 bridgehead atoms. The van der Waals surface area contributed by atoms with Crippen molar-refractivity contribution in [3.63, 3.8) is 0 Å². The maximum absolute atomic E-state index is 13.2. The topological polar surface area (TPSA) is 40.5 Å². The zero-order chi connectivity index (χ0) is 15.7. The number of amides is 1. The van der Waals surface area contributed by atoms with Gasteiger partial charge in [0.1, 0.15) is 0 Å². The molecule has 0 unspecified atom stereocenters. The Hall–Kier alpha value is -1.06. The van der Waals surface area contributed by atoms with Crippen LogP contribution in [0.1, 0.15) is 38.2 Å². The van der Waals surface area contributed by atoms with Gasteiger partial charge in [-0.3, -0.25) is 4.79 Å². The van der Waals surface area contributed by atoms with E-state index in [2.05, 4.69) is 6.92 Å². The van der Waals surface area contributed by atoms with Gasteiger partial charge in [0.05, 0.1) is 5.41 Å². The number of benzene rings is 1. The largest absolute Gasteiger partial charge is 0.396 e. The van der Waals surface area contributed by atoms with Gasteiger partial charge in [-0.15, -0.1) is 0 Å². The first-order valence-corrected chi connectivity index (χ1v) is 8.61. The molecule has 0 aromatic heterocycles. The summed E-state index contributed by atoms with van der Waals surface area (Å²) in [5, 5.41) is 10.2. The van der Waals surface area contributed by atoms with Crippen molar-refractivity contribution in [2.45, 2.75) is 38.0 Å². The lowest BCUT2D eigenvalue weighted by atomic mass is 9.63. The molecule has 3 nitrogen and oxygen atoms in total. The molecule has 22 heavy (non-hydrogen) atoms. The second kappa shape index (κ2) is 6.21. The molecule has 1 saturated heterocycles. The number of piperidine rings is 1. The molecular weight excluding hydrogens is 298 g/mol. The molecule has 0 radical (unpaired) electrons. The van der Waals surface area contributed by atoms with Crippen LogP contribution in [-0.2, 0) is 10.2 Å². The SMILES string of the molecule is C[C@@H]1CCN(C(=O)C2(c3ccc(Cl)cc3)CCC2)C[C@H]1CO. The summed E-state index contributed by atoms with van der Waals surface area (Å²) < 4.78 is 0. The van der Waals surface area contributed by atoms with E-state index in [9.17, 15) is 9.90 Å². The van der Waals surface area contributed by atoms with Crippen molar-refractivity contribution in [3.8, 4) is 0 Å². The lowest BCUT2D eigenvalue weighted by Crippen LogP contribution is -2.54. The third-order valence-corrected chi connectivity index (χ3v) is 5.90. The lowest BCUT2D eigenvalue weighted by Gasteiger charge is -2.46. The first-order chi connectivity index (χ1) is 10.6. The molecule has 2 aliphatic rings. The van der Waals surface area contributed by atoms with Gasteiger partial charge in [-0.1, -0.05) is 37.1 Å². The van der Waals surface area contributed by atoms with Crippen LogP contribution in [0.25, 0.3) is 0 Å². The average molecular weight is 322 g/mol. The fourth-order valence-corrected chi connectivity index (χ4v) is 3.93. The van der Waals surface area contributed by atoms with Crippen molar-refractivity contribution in [2.24, 2.45) is 11.8 Å². The minimum Gasteiger partial charge on any atom is -0.396 e. The predicted molar refractivity (Wildman–Crippen MR) is 87.9 cm³/mol. The fraction of sp³-hybridized carbons (Fsp3) is 0.611. The highest BCUT2D eigenvalue weighted by Gasteiger charge is 2.48. The molecule has 1 heterocycles. The van der Waals surface area contributed by atoms with Crippen LogP contribution >= 0.6 is 11.6 Å².